The number of amides is 2. The summed E-state index contributed by atoms with van der Waals surface area (Å²) in [5.74, 6) is -0.0907. The lowest BCUT2D eigenvalue weighted by atomic mass is 10.00. The predicted molar refractivity (Wildman–Crippen MR) is 89.0 cm³/mol. The van der Waals surface area contributed by atoms with Gasteiger partial charge in [-0.3, -0.25) is 9.59 Å². The average Bonchev–Trinajstić information content (AvgIpc) is 2.57. The molecule has 1 aromatic carbocycles. The molecular formula is C17H24N4O2. The highest BCUT2D eigenvalue weighted by Gasteiger charge is 2.32. The van der Waals surface area contributed by atoms with Crippen LogP contribution >= 0.6 is 0 Å². The lowest BCUT2D eigenvalue weighted by Crippen LogP contribution is -2.60. The summed E-state index contributed by atoms with van der Waals surface area (Å²) in [4.78, 5) is 26.2. The first-order valence-corrected chi connectivity index (χ1v) is 8.32. The highest BCUT2D eigenvalue weighted by molar-refractivity contribution is 5.92. The first kappa shape index (κ1) is 15.8. The minimum Gasteiger partial charge on any atom is -0.354 e. The molecular weight excluding hydrogens is 292 g/mol. The van der Waals surface area contributed by atoms with E-state index in [1.807, 2.05) is 29.2 Å². The molecule has 1 saturated heterocycles. The Bertz CT molecular complexity index is 590. The van der Waals surface area contributed by atoms with Crippen LogP contribution in [0.1, 0.15) is 37.3 Å². The predicted octanol–water partition coefficient (Wildman–Crippen LogP) is 0.681. The second-order valence-corrected chi connectivity index (χ2v) is 6.29. The van der Waals surface area contributed by atoms with Gasteiger partial charge in [-0.05, 0) is 30.5 Å². The maximum Gasteiger partial charge on any atom is 0.244 e. The molecule has 2 atom stereocenters. The zero-order chi connectivity index (χ0) is 16.2. The van der Waals surface area contributed by atoms with Crippen LogP contribution in [0.15, 0.2) is 24.3 Å². The highest BCUT2D eigenvalue weighted by atomic mass is 16.2. The SMILES string of the molecule is NC1CCCCCNC(=O)C2CNC(=O)CN2c2cccc1c2. The van der Waals surface area contributed by atoms with Crippen molar-refractivity contribution in [2.24, 2.45) is 5.73 Å². The van der Waals surface area contributed by atoms with Gasteiger partial charge in [-0.1, -0.05) is 25.0 Å². The lowest BCUT2D eigenvalue weighted by molar-refractivity contribution is -0.125. The van der Waals surface area contributed by atoms with Crippen molar-refractivity contribution in [3.63, 3.8) is 0 Å². The third-order valence-corrected chi connectivity index (χ3v) is 4.61. The lowest BCUT2D eigenvalue weighted by Gasteiger charge is -2.36. The molecule has 1 aromatic rings. The summed E-state index contributed by atoms with van der Waals surface area (Å²) < 4.78 is 0. The van der Waals surface area contributed by atoms with Gasteiger partial charge in [0.05, 0.1) is 6.54 Å². The molecule has 4 N–H and O–H groups in total. The number of rotatable bonds is 0. The Hall–Kier alpha value is -2.08. The molecule has 2 heterocycles. The van der Waals surface area contributed by atoms with E-state index in [1.54, 1.807) is 0 Å². The molecule has 0 saturated carbocycles. The minimum absolute atomic E-state index is 0.00330. The number of anilines is 1. The van der Waals surface area contributed by atoms with Gasteiger partial charge in [-0.2, -0.15) is 0 Å². The molecule has 2 aliphatic rings. The van der Waals surface area contributed by atoms with E-state index in [0.717, 1.165) is 36.9 Å². The summed E-state index contributed by atoms with van der Waals surface area (Å²) in [6.07, 6.45) is 3.99. The molecule has 6 nitrogen and oxygen atoms in total. The molecule has 1 fully saturated rings. The van der Waals surface area contributed by atoms with Crippen LogP contribution in [0.2, 0.25) is 0 Å². The van der Waals surface area contributed by atoms with Crippen molar-refractivity contribution < 1.29 is 9.59 Å². The second kappa shape index (κ2) is 7.00. The summed E-state index contributed by atoms with van der Waals surface area (Å²) in [7, 11) is 0. The number of piperazine rings is 1. The van der Waals surface area contributed by atoms with Crippen molar-refractivity contribution in [1.29, 1.82) is 0 Å². The van der Waals surface area contributed by atoms with Crippen LogP contribution in [-0.2, 0) is 9.59 Å². The van der Waals surface area contributed by atoms with Gasteiger partial charge in [0.1, 0.15) is 6.04 Å². The van der Waals surface area contributed by atoms with Gasteiger partial charge in [-0.25, -0.2) is 0 Å². The monoisotopic (exact) mass is 316 g/mol. The van der Waals surface area contributed by atoms with Crippen LogP contribution in [0.4, 0.5) is 5.69 Å². The Morgan fingerprint density at radius 1 is 1.13 bits per heavy atom. The van der Waals surface area contributed by atoms with Crippen LogP contribution in [0.5, 0.6) is 0 Å². The number of nitrogens with one attached hydrogen (secondary N) is 2. The molecule has 2 aliphatic heterocycles. The Morgan fingerprint density at radius 2 is 2.00 bits per heavy atom. The molecule has 2 bridgehead atoms. The topological polar surface area (TPSA) is 87.5 Å². The van der Waals surface area contributed by atoms with Crippen LogP contribution in [0.25, 0.3) is 0 Å². The molecule has 2 unspecified atom stereocenters. The third kappa shape index (κ3) is 3.64. The number of hydrogen-bond acceptors (Lipinski definition) is 4. The smallest absolute Gasteiger partial charge is 0.244 e. The van der Waals surface area contributed by atoms with E-state index in [0.29, 0.717) is 13.1 Å². The van der Waals surface area contributed by atoms with Crippen LogP contribution in [0.3, 0.4) is 0 Å². The molecule has 0 aromatic heterocycles. The van der Waals surface area contributed by atoms with E-state index in [-0.39, 0.29) is 30.4 Å². The zero-order valence-corrected chi connectivity index (χ0v) is 13.3. The number of benzene rings is 1. The molecule has 2 amide bonds. The number of carbonyl (C=O) groups is 2. The van der Waals surface area contributed by atoms with Crippen LogP contribution in [0, 0.1) is 0 Å². The van der Waals surface area contributed by atoms with E-state index in [4.69, 9.17) is 5.73 Å². The first-order chi connectivity index (χ1) is 11.1. The van der Waals surface area contributed by atoms with E-state index in [2.05, 4.69) is 10.6 Å². The second-order valence-electron chi connectivity index (χ2n) is 6.29. The number of fused-ring (bicyclic) bond motifs is 4. The van der Waals surface area contributed by atoms with Gasteiger partial charge in [0.2, 0.25) is 11.8 Å². The molecule has 6 heteroatoms. The van der Waals surface area contributed by atoms with Crippen LogP contribution in [-0.4, -0.2) is 37.5 Å². The molecule has 0 aliphatic carbocycles. The minimum atomic E-state index is -0.375. The Morgan fingerprint density at radius 3 is 2.87 bits per heavy atom. The third-order valence-electron chi connectivity index (χ3n) is 4.61. The van der Waals surface area contributed by atoms with E-state index in [1.165, 1.54) is 0 Å². The normalized spacial score (nSPS) is 26.0. The fourth-order valence-corrected chi connectivity index (χ4v) is 3.24. The maximum atomic E-state index is 12.5. The molecule has 0 spiro atoms. The maximum absolute atomic E-state index is 12.5. The summed E-state index contributed by atoms with van der Waals surface area (Å²) >= 11 is 0. The van der Waals surface area contributed by atoms with Crippen molar-refractivity contribution in [2.75, 3.05) is 24.5 Å². The highest BCUT2D eigenvalue weighted by Crippen LogP contribution is 2.25. The Balaban J connectivity index is 1.94. The fourth-order valence-electron chi connectivity index (χ4n) is 3.24. The number of nitrogens with zero attached hydrogens (tertiary/aromatic N) is 1. The molecule has 3 rings (SSSR count). The van der Waals surface area contributed by atoms with Gasteiger partial charge in [0, 0.05) is 24.8 Å². The Labute approximate surface area is 136 Å². The van der Waals surface area contributed by atoms with Crippen molar-refractivity contribution >= 4 is 17.5 Å². The standard InChI is InChI=1S/C17H24N4O2/c18-14-7-2-1-3-8-19-17(23)15-10-20-16(22)11-21(15)13-6-4-5-12(14)9-13/h4-6,9,14-15H,1-3,7-8,10-11,18H2,(H,19,23)(H,20,22). The quantitative estimate of drug-likeness (QED) is 0.657. The first-order valence-electron chi connectivity index (χ1n) is 8.32. The molecule has 0 radical (unpaired) electrons. The molecule has 124 valence electrons. The fraction of sp³-hybridized carbons (Fsp3) is 0.529. The number of carbonyl (C=O) groups excluding carboxylic acids is 2. The van der Waals surface area contributed by atoms with Gasteiger partial charge in [0.15, 0.2) is 0 Å². The number of nitrogens with two attached hydrogens (primary N) is 1. The largest absolute Gasteiger partial charge is 0.354 e. The van der Waals surface area contributed by atoms with E-state index >= 15 is 0 Å². The molecule has 23 heavy (non-hydrogen) atoms. The van der Waals surface area contributed by atoms with Crippen molar-refractivity contribution in [3.8, 4) is 0 Å². The van der Waals surface area contributed by atoms with Crippen LogP contribution < -0.4 is 21.3 Å². The van der Waals surface area contributed by atoms with Gasteiger partial charge < -0.3 is 21.3 Å². The number of hydrogen-bond donors (Lipinski definition) is 3. The van der Waals surface area contributed by atoms with Crippen molar-refractivity contribution in [1.82, 2.24) is 10.6 Å². The Kier molecular flexibility index (Phi) is 4.81. The van der Waals surface area contributed by atoms with E-state index < -0.39 is 0 Å². The average molecular weight is 316 g/mol. The summed E-state index contributed by atoms with van der Waals surface area (Å²) in [6.45, 7) is 1.20. The van der Waals surface area contributed by atoms with Crippen molar-refractivity contribution in [3.05, 3.63) is 29.8 Å². The van der Waals surface area contributed by atoms with Gasteiger partial charge in [-0.15, -0.1) is 0 Å². The van der Waals surface area contributed by atoms with E-state index in [9.17, 15) is 9.59 Å². The summed E-state index contributed by atoms with van der Waals surface area (Å²) in [5.41, 5.74) is 8.24. The summed E-state index contributed by atoms with van der Waals surface area (Å²) in [6, 6.07) is 7.55. The zero-order valence-electron chi connectivity index (χ0n) is 13.3. The summed E-state index contributed by atoms with van der Waals surface area (Å²) in [5, 5.41) is 5.78. The van der Waals surface area contributed by atoms with Crippen molar-refractivity contribution in [2.45, 2.75) is 37.8 Å². The van der Waals surface area contributed by atoms with Gasteiger partial charge >= 0.3 is 0 Å². The van der Waals surface area contributed by atoms with Gasteiger partial charge in [0.25, 0.3) is 0 Å².